The molecule has 140 valence electrons. The molecule has 7 heteroatoms. The Labute approximate surface area is 153 Å². The zero-order valence-electron chi connectivity index (χ0n) is 15.3. The molecule has 26 heavy (non-hydrogen) atoms. The minimum absolute atomic E-state index is 0.325. The van der Waals surface area contributed by atoms with E-state index in [0.717, 1.165) is 27.3 Å². The van der Waals surface area contributed by atoms with E-state index in [1.165, 1.54) is 12.1 Å². The van der Waals surface area contributed by atoms with E-state index in [2.05, 4.69) is 5.32 Å². The molecule has 0 bridgehead atoms. The average molecular weight is 378 g/mol. The molecule has 1 atom stereocenters. The molecule has 0 radical (unpaired) electrons. The molecule has 0 aliphatic rings. The van der Waals surface area contributed by atoms with Gasteiger partial charge in [-0.2, -0.15) is 0 Å². The number of hydrogen-bond acceptors (Lipinski definition) is 3. The van der Waals surface area contributed by atoms with Crippen LogP contribution in [0.5, 0.6) is 0 Å². The number of carbonyl (C=O) groups excluding carboxylic acids is 1. The van der Waals surface area contributed by atoms with E-state index >= 15 is 0 Å². The van der Waals surface area contributed by atoms with Crippen LogP contribution < -0.4 is 9.62 Å². The third-order valence-electron chi connectivity index (χ3n) is 4.28. The molecule has 0 aliphatic heterocycles. The van der Waals surface area contributed by atoms with E-state index in [4.69, 9.17) is 0 Å². The Morgan fingerprint density at radius 1 is 1.15 bits per heavy atom. The molecule has 0 heterocycles. The van der Waals surface area contributed by atoms with E-state index in [1.807, 2.05) is 19.9 Å². The van der Waals surface area contributed by atoms with Crippen LogP contribution in [0.25, 0.3) is 0 Å². The van der Waals surface area contributed by atoms with E-state index in [-0.39, 0.29) is 18.4 Å². The van der Waals surface area contributed by atoms with Gasteiger partial charge in [-0.05, 0) is 55.7 Å². The number of carbonyl (C=O) groups is 1. The highest BCUT2D eigenvalue weighted by Gasteiger charge is 2.23. The first-order valence-corrected chi connectivity index (χ1v) is 10.0. The van der Waals surface area contributed by atoms with Crippen LogP contribution in [0, 0.1) is 19.7 Å². The van der Waals surface area contributed by atoms with Crippen LogP contribution in [0.15, 0.2) is 42.5 Å². The molecule has 0 unspecified atom stereocenters. The SMILES string of the molecule is Cc1cccc(N(CC(=O)N[C@H](C)c2ccc(F)cc2)S(C)(=O)=O)c1C. The summed E-state index contributed by atoms with van der Waals surface area (Å²) in [5.41, 5.74) is 2.96. The Balaban J connectivity index is 2.19. The van der Waals surface area contributed by atoms with Gasteiger partial charge in [0.1, 0.15) is 12.4 Å². The van der Waals surface area contributed by atoms with Crippen molar-refractivity contribution in [3.05, 3.63) is 65.0 Å². The maximum Gasteiger partial charge on any atom is 0.241 e. The van der Waals surface area contributed by atoms with Gasteiger partial charge in [-0.15, -0.1) is 0 Å². The second-order valence-corrected chi connectivity index (χ2v) is 8.24. The predicted molar refractivity (Wildman–Crippen MR) is 101 cm³/mol. The molecule has 0 fully saturated rings. The average Bonchev–Trinajstić information content (AvgIpc) is 2.55. The summed E-state index contributed by atoms with van der Waals surface area (Å²) >= 11 is 0. The van der Waals surface area contributed by atoms with E-state index < -0.39 is 15.9 Å². The first-order chi connectivity index (χ1) is 12.1. The Kier molecular flexibility index (Phi) is 6.02. The highest BCUT2D eigenvalue weighted by atomic mass is 32.2. The standard InChI is InChI=1S/C19H23FN2O3S/c1-13-6-5-7-18(14(13)2)22(26(4,24)25)12-19(23)21-15(3)16-8-10-17(20)11-9-16/h5-11,15H,12H2,1-4H3,(H,21,23)/t15-/m1/s1. The molecule has 2 aromatic rings. The Morgan fingerprint density at radius 3 is 2.35 bits per heavy atom. The second kappa shape index (κ2) is 7.86. The summed E-state index contributed by atoms with van der Waals surface area (Å²) in [5.74, 6) is -0.793. The first kappa shape index (κ1) is 19.9. The van der Waals surface area contributed by atoms with Crippen LogP contribution in [0.4, 0.5) is 10.1 Å². The molecule has 2 aromatic carbocycles. The van der Waals surface area contributed by atoms with Crippen molar-refractivity contribution in [1.29, 1.82) is 0 Å². The number of hydrogen-bond donors (Lipinski definition) is 1. The largest absolute Gasteiger partial charge is 0.348 e. The number of benzene rings is 2. The van der Waals surface area contributed by atoms with Crippen LogP contribution in [-0.4, -0.2) is 27.1 Å². The van der Waals surface area contributed by atoms with Crippen molar-refractivity contribution < 1.29 is 17.6 Å². The molecular weight excluding hydrogens is 355 g/mol. The summed E-state index contributed by atoms with van der Waals surface area (Å²) in [6.07, 6.45) is 1.07. The number of aryl methyl sites for hydroxylation is 1. The summed E-state index contributed by atoms with van der Waals surface area (Å²) in [7, 11) is -3.64. The smallest absolute Gasteiger partial charge is 0.241 e. The normalized spacial score (nSPS) is 12.5. The van der Waals surface area contributed by atoms with Crippen LogP contribution >= 0.6 is 0 Å². The van der Waals surface area contributed by atoms with E-state index in [0.29, 0.717) is 5.69 Å². The monoisotopic (exact) mass is 378 g/mol. The molecule has 0 spiro atoms. The lowest BCUT2D eigenvalue weighted by molar-refractivity contribution is -0.120. The predicted octanol–water partition coefficient (Wildman–Crippen LogP) is 3.09. The van der Waals surface area contributed by atoms with Crippen LogP contribution in [0.3, 0.4) is 0 Å². The number of rotatable bonds is 6. The molecule has 0 saturated carbocycles. The summed E-state index contributed by atoms with van der Waals surface area (Å²) in [5, 5.41) is 2.75. The fraction of sp³-hybridized carbons (Fsp3) is 0.316. The number of anilines is 1. The van der Waals surface area contributed by atoms with Crippen molar-refractivity contribution in [3.8, 4) is 0 Å². The zero-order chi connectivity index (χ0) is 19.5. The highest BCUT2D eigenvalue weighted by Crippen LogP contribution is 2.25. The number of sulfonamides is 1. The molecular formula is C19H23FN2O3S. The maximum absolute atomic E-state index is 13.0. The fourth-order valence-electron chi connectivity index (χ4n) is 2.64. The lowest BCUT2D eigenvalue weighted by Gasteiger charge is -2.25. The number of halogens is 1. The van der Waals surface area contributed by atoms with Crippen molar-refractivity contribution >= 4 is 21.6 Å². The van der Waals surface area contributed by atoms with Crippen LogP contribution in [0.1, 0.15) is 29.7 Å². The van der Waals surface area contributed by atoms with Crippen molar-refractivity contribution in [2.24, 2.45) is 0 Å². The minimum Gasteiger partial charge on any atom is -0.348 e. The van der Waals surface area contributed by atoms with Gasteiger partial charge >= 0.3 is 0 Å². The fourth-order valence-corrected chi connectivity index (χ4v) is 3.55. The molecule has 0 aromatic heterocycles. The highest BCUT2D eigenvalue weighted by molar-refractivity contribution is 7.92. The summed E-state index contributed by atoms with van der Waals surface area (Å²) < 4.78 is 38.6. The summed E-state index contributed by atoms with van der Waals surface area (Å²) in [6, 6.07) is 10.8. The lowest BCUT2D eigenvalue weighted by Crippen LogP contribution is -2.41. The van der Waals surface area contributed by atoms with Gasteiger partial charge in [0.25, 0.3) is 0 Å². The Hall–Kier alpha value is -2.41. The first-order valence-electron chi connectivity index (χ1n) is 8.18. The van der Waals surface area contributed by atoms with E-state index in [1.54, 1.807) is 31.2 Å². The number of nitrogens with zero attached hydrogens (tertiary/aromatic N) is 1. The Bertz CT molecular complexity index is 896. The summed E-state index contributed by atoms with van der Waals surface area (Å²) in [4.78, 5) is 12.4. The molecule has 5 nitrogen and oxygen atoms in total. The molecule has 1 N–H and O–H groups in total. The number of amides is 1. The second-order valence-electron chi connectivity index (χ2n) is 6.33. The van der Waals surface area contributed by atoms with Gasteiger partial charge in [-0.3, -0.25) is 9.10 Å². The van der Waals surface area contributed by atoms with Crippen LogP contribution in [0.2, 0.25) is 0 Å². The van der Waals surface area contributed by atoms with Gasteiger partial charge in [0.2, 0.25) is 15.9 Å². The van der Waals surface area contributed by atoms with Gasteiger partial charge in [-0.25, -0.2) is 12.8 Å². The van der Waals surface area contributed by atoms with Crippen LogP contribution in [-0.2, 0) is 14.8 Å². The minimum atomic E-state index is -3.64. The maximum atomic E-state index is 13.0. The van der Waals surface area contributed by atoms with Crippen molar-refractivity contribution in [2.75, 3.05) is 17.1 Å². The van der Waals surface area contributed by atoms with Gasteiger partial charge in [0, 0.05) is 0 Å². The van der Waals surface area contributed by atoms with Gasteiger partial charge in [-0.1, -0.05) is 24.3 Å². The zero-order valence-corrected chi connectivity index (χ0v) is 16.1. The van der Waals surface area contributed by atoms with Crippen molar-refractivity contribution in [3.63, 3.8) is 0 Å². The summed E-state index contributed by atoms with van der Waals surface area (Å²) in [6.45, 7) is 5.14. The van der Waals surface area contributed by atoms with Crippen molar-refractivity contribution in [1.82, 2.24) is 5.32 Å². The molecule has 2 rings (SSSR count). The third kappa shape index (κ3) is 4.82. The lowest BCUT2D eigenvalue weighted by atomic mass is 10.1. The van der Waals surface area contributed by atoms with E-state index in [9.17, 15) is 17.6 Å². The third-order valence-corrected chi connectivity index (χ3v) is 5.41. The quantitative estimate of drug-likeness (QED) is 0.840. The molecule has 0 aliphatic carbocycles. The van der Waals surface area contributed by atoms with Gasteiger partial charge in [0.05, 0.1) is 18.0 Å². The molecule has 1 amide bonds. The van der Waals surface area contributed by atoms with Gasteiger partial charge in [0.15, 0.2) is 0 Å². The Morgan fingerprint density at radius 2 is 1.77 bits per heavy atom. The van der Waals surface area contributed by atoms with Crippen molar-refractivity contribution in [2.45, 2.75) is 26.8 Å². The topological polar surface area (TPSA) is 66.5 Å². The molecule has 0 saturated heterocycles. The van der Waals surface area contributed by atoms with Gasteiger partial charge < -0.3 is 5.32 Å². The number of nitrogens with one attached hydrogen (secondary N) is 1.